The van der Waals surface area contributed by atoms with Gasteiger partial charge in [-0.2, -0.15) is 0 Å². The van der Waals surface area contributed by atoms with E-state index in [1.165, 1.54) is 0 Å². The van der Waals surface area contributed by atoms with E-state index >= 15 is 0 Å². The minimum atomic E-state index is -0.102. The van der Waals surface area contributed by atoms with Crippen LogP contribution in [0.3, 0.4) is 0 Å². The minimum absolute atomic E-state index is 0.102. The molecule has 4 heteroatoms. The van der Waals surface area contributed by atoms with Gasteiger partial charge in [-0.1, -0.05) is 36.4 Å². The van der Waals surface area contributed by atoms with Crippen LogP contribution in [0.15, 0.2) is 79.1 Å². The van der Waals surface area contributed by atoms with Gasteiger partial charge in [-0.25, -0.2) is 0 Å². The van der Waals surface area contributed by atoms with Gasteiger partial charge in [-0.3, -0.25) is 9.78 Å². The summed E-state index contributed by atoms with van der Waals surface area (Å²) in [5.41, 5.74) is 2.61. The fourth-order valence-electron chi connectivity index (χ4n) is 2.22. The maximum Gasteiger partial charge on any atom is 0.251 e. The molecule has 24 heavy (non-hydrogen) atoms. The third-order valence-electron chi connectivity index (χ3n) is 3.54. The van der Waals surface area contributed by atoms with Gasteiger partial charge in [0, 0.05) is 24.5 Å². The number of ether oxygens (including phenoxy) is 1. The van der Waals surface area contributed by atoms with Crippen molar-refractivity contribution in [3.05, 3.63) is 95.8 Å². The molecule has 4 nitrogen and oxygen atoms in total. The van der Waals surface area contributed by atoms with Crippen LogP contribution in [0, 0.1) is 0 Å². The lowest BCUT2D eigenvalue weighted by molar-refractivity contribution is 0.0951. The Labute approximate surface area is 141 Å². The number of carbonyl (C=O) groups is 1. The summed E-state index contributed by atoms with van der Waals surface area (Å²) in [5, 5.41) is 2.88. The first-order valence-electron chi connectivity index (χ1n) is 7.75. The molecule has 0 fully saturated rings. The number of hydrogen-bond donors (Lipinski definition) is 1. The zero-order valence-corrected chi connectivity index (χ0v) is 13.2. The molecule has 0 bridgehead atoms. The van der Waals surface area contributed by atoms with Crippen LogP contribution in [-0.4, -0.2) is 10.9 Å². The quantitative estimate of drug-likeness (QED) is 0.755. The number of amides is 1. The van der Waals surface area contributed by atoms with E-state index < -0.39 is 0 Å². The second-order valence-corrected chi connectivity index (χ2v) is 5.34. The molecule has 1 heterocycles. The van der Waals surface area contributed by atoms with Crippen molar-refractivity contribution in [1.82, 2.24) is 10.3 Å². The van der Waals surface area contributed by atoms with Crippen molar-refractivity contribution < 1.29 is 9.53 Å². The molecule has 1 N–H and O–H groups in total. The van der Waals surface area contributed by atoms with E-state index in [9.17, 15) is 4.79 Å². The van der Waals surface area contributed by atoms with Crippen LogP contribution in [0.5, 0.6) is 5.75 Å². The monoisotopic (exact) mass is 318 g/mol. The molecule has 2 aromatic carbocycles. The SMILES string of the molecule is O=C(NCc1cccnc1)c1ccc(COc2ccccc2)cc1. The number of pyridine rings is 1. The third kappa shape index (κ3) is 4.43. The lowest BCUT2D eigenvalue weighted by atomic mass is 10.1. The van der Waals surface area contributed by atoms with E-state index in [4.69, 9.17) is 4.74 Å². The Morgan fingerprint density at radius 1 is 0.917 bits per heavy atom. The van der Waals surface area contributed by atoms with Gasteiger partial charge in [0.1, 0.15) is 12.4 Å². The van der Waals surface area contributed by atoms with E-state index in [2.05, 4.69) is 10.3 Å². The molecule has 1 aromatic heterocycles. The summed E-state index contributed by atoms with van der Waals surface area (Å²) in [6, 6.07) is 20.9. The second kappa shape index (κ2) is 7.92. The van der Waals surface area contributed by atoms with Gasteiger partial charge < -0.3 is 10.1 Å². The molecule has 0 saturated carbocycles. The van der Waals surface area contributed by atoms with Crippen molar-refractivity contribution in [2.75, 3.05) is 0 Å². The van der Waals surface area contributed by atoms with Gasteiger partial charge >= 0.3 is 0 Å². The maximum atomic E-state index is 12.1. The summed E-state index contributed by atoms with van der Waals surface area (Å²) in [7, 11) is 0. The molecule has 0 radical (unpaired) electrons. The standard InChI is InChI=1S/C20H18N2O2/c23-20(22-14-17-5-4-12-21-13-17)18-10-8-16(9-11-18)15-24-19-6-2-1-3-7-19/h1-13H,14-15H2,(H,22,23). The molecule has 120 valence electrons. The fourth-order valence-corrected chi connectivity index (χ4v) is 2.22. The fraction of sp³-hybridized carbons (Fsp3) is 0.100. The molecule has 0 unspecified atom stereocenters. The summed E-state index contributed by atoms with van der Waals surface area (Å²) >= 11 is 0. The average Bonchev–Trinajstić information content (AvgIpc) is 2.66. The zero-order chi connectivity index (χ0) is 16.6. The highest BCUT2D eigenvalue weighted by molar-refractivity contribution is 5.94. The highest BCUT2D eigenvalue weighted by atomic mass is 16.5. The predicted molar refractivity (Wildman–Crippen MR) is 92.6 cm³/mol. The molecule has 0 atom stereocenters. The van der Waals surface area contributed by atoms with Crippen LogP contribution >= 0.6 is 0 Å². The Bertz CT molecular complexity index is 772. The smallest absolute Gasteiger partial charge is 0.251 e. The van der Waals surface area contributed by atoms with E-state index in [0.717, 1.165) is 16.9 Å². The van der Waals surface area contributed by atoms with Crippen LogP contribution < -0.4 is 10.1 Å². The Morgan fingerprint density at radius 2 is 1.71 bits per heavy atom. The highest BCUT2D eigenvalue weighted by Gasteiger charge is 2.05. The number of nitrogens with one attached hydrogen (secondary N) is 1. The second-order valence-electron chi connectivity index (χ2n) is 5.34. The topological polar surface area (TPSA) is 51.2 Å². The van der Waals surface area contributed by atoms with Crippen LogP contribution in [0.2, 0.25) is 0 Å². The molecule has 3 aromatic rings. The van der Waals surface area contributed by atoms with E-state index in [0.29, 0.717) is 18.7 Å². The van der Waals surface area contributed by atoms with Gasteiger partial charge in [0.2, 0.25) is 0 Å². The molecular formula is C20H18N2O2. The largest absolute Gasteiger partial charge is 0.489 e. The summed E-state index contributed by atoms with van der Waals surface area (Å²) in [6.07, 6.45) is 3.45. The molecule has 0 spiro atoms. The lowest BCUT2D eigenvalue weighted by Gasteiger charge is -2.08. The summed E-state index contributed by atoms with van der Waals surface area (Å²) < 4.78 is 5.69. The minimum Gasteiger partial charge on any atom is -0.489 e. The number of benzene rings is 2. The van der Waals surface area contributed by atoms with Crippen LogP contribution in [0.25, 0.3) is 0 Å². The number of aromatic nitrogens is 1. The van der Waals surface area contributed by atoms with Crippen molar-refractivity contribution in [2.45, 2.75) is 13.2 Å². The van der Waals surface area contributed by atoms with Gasteiger partial charge in [0.05, 0.1) is 0 Å². The van der Waals surface area contributed by atoms with E-state index in [1.54, 1.807) is 12.4 Å². The molecule has 0 aliphatic carbocycles. The van der Waals surface area contributed by atoms with E-state index in [-0.39, 0.29) is 5.91 Å². The number of carbonyl (C=O) groups excluding carboxylic acids is 1. The molecule has 0 saturated heterocycles. The van der Waals surface area contributed by atoms with Gasteiger partial charge in [-0.15, -0.1) is 0 Å². The molecule has 0 aliphatic heterocycles. The Morgan fingerprint density at radius 3 is 2.42 bits per heavy atom. The Hall–Kier alpha value is -3.14. The third-order valence-corrected chi connectivity index (χ3v) is 3.54. The normalized spacial score (nSPS) is 10.2. The number of para-hydroxylation sites is 1. The van der Waals surface area contributed by atoms with Crippen LogP contribution in [0.1, 0.15) is 21.5 Å². The summed E-state index contributed by atoms with van der Waals surface area (Å²) in [6.45, 7) is 0.938. The first kappa shape index (κ1) is 15.7. The number of nitrogens with zero attached hydrogens (tertiary/aromatic N) is 1. The maximum absolute atomic E-state index is 12.1. The van der Waals surface area contributed by atoms with Crippen molar-refractivity contribution in [3.63, 3.8) is 0 Å². The van der Waals surface area contributed by atoms with Crippen molar-refractivity contribution >= 4 is 5.91 Å². The molecular weight excluding hydrogens is 300 g/mol. The van der Waals surface area contributed by atoms with E-state index in [1.807, 2.05) is 66.7 Å². The van der Waals surface area contributed by atoms with Gasteiger partial charge in [0.25, 0.3) is 5.91 Å². The molecule has 3 rings (SSSR count). The van der Waals surface area contributed by atoms with Crippen LogP contribution in [0.4, 0.5) is 0 Å². The van der Waals surface area contributed by atoms with Gasteiger partial charge in [0.15, 0.2) is 0 Å². The highest BCUT2D eigenvalue weighted by Crippen LogP contribution is 2.12. The first-order chi connectivity index (χ1) is 11.8. The number of rotatable bonds is 6. The Balaban J connectivity index is 1.53. The van der Waals surface area contributed by atoms with Crippen molar-refractivity contribution in [1.29, 1.82) is 0 Å². The van der Waals surface area contributed by atoms with Crippen LogP contribution in [-0.2, 0) is 13.2 Å². The van der Waals surface area contributed by atoms with Crippen molar-refractivity contribution in [2.24, 2.45) is 0 Å². The zero-order valence-electron chi connectivity index (χ0n) is 13.2. The number of hydrogen-bond acceptors (Lipinski definition) is 3. The first-order valence-corrected chi connectivity index (χ1v) is 7.75. The van der Waals surface area contributed by atoms with Crippen molar-refractivity contribution in [3.8, 4) is 5.75 Å². The summed E-state index contributed by atoms with van der Waals surface area (Å²) in [5.74, 6) is 0.727. The average molecular weight is 318 g/mol. The molecule has 0 aliphatic rings. The lowest BCUT2D eigenvalue weighted by Crippen LogP contribution is -2.22. The Kier molecular flexibility index (Phi) is 5.20. The summed E-state index contributed by atoms with van der Waals surface area (Å²) in [4.78, 5) is 16.2. The van der Waals surface area contributed by atoms with Gasteiger partial charge in [-0.05, 0) is 41.5 Å². The molecule has 1 amide bonds. The predicted octanol–water partition coefficient (Wildman–Crippen LogP) is 3.59.